The van der Waals surface area contributed by atoms with E-state index in [4.69, 9.17) is 0 Å². The van der Waals surface area contributed by atoms with Gasteiger partial charge in [-0.1, -0.05) is 24.3 Å². The average Bonchev–Trinajstić information content (AvgIpc) is 3.02. The van der Waals surface area contributed by atoms with Gasteiger partial charge in [0.25, 0.3) is 0 Å². The first-order valence-corrected chi connectivity index (χ1v) is 5.70. The van der Waals surface area contributed by atoms with E-state index in [1.165, 1.54) is 11.1 Å². The molecule has 2 heteroatoms. The van der Waals surface area contributed by atoms with Crippen LogP contribution >= 0.6 is 0 Å². The van der Waals surface area contributed by atoms with Crippen molar-refractivity contribution in [2.75, 3.05) is 6.54 Å². The predicted molar refractivity (Wildman–Crippen MR) is 58.6 cm³/mol. The van der Waals surface area contributed by atoms with Crippen LogP contribution in [0.15, 0.2) is 24.3 Å². The highest BCUT2D eigenvalue weighted by atomic mass is 16.2. The molecule has 1 amide bonds. The van der Waals surface area contributed by atoms with Crippen molar-refractivity contribution in [1.82, 2.24) is 5.32 Å². The summed E-state index contributed by atoms with van der Waals surface area (Å²) in [7, 11) is 0. The van der Waals surface area contributed by atoms with E-state index >= 15 is 0 Å². The Bertz CT molecular complexity index is 395. The number of carbonyl (C=O) groups is 1. The number of carbonyl (C=O) groups excluding carboxylic acids is 1. The highest BCUT2D eigenvalue weighted by Gasteiger charge is 2.31. The normalized spacial score (nSPS) is 22.8. The maximum Gasteiger partial charge on any atom is 0.223 e. The van der Waals surface area contributed by atoms with Gasteiger partial charge in [0.1, 0.15) is 0 Å². The number of nitrogens with one attached hydrogen (secondary N) is 1. The van der Waals surface area contributed by atoms with Crippen molar-refractivity contribution >= 4 is 5.91 Å². The molecule has 0 bridgehead atoms. The number of fused-ring (bicyclic) bond motifs is 1. The molecule has 1 saturated carbocycles. The molecule has 1 fully saturated rings. The van der Waals surface area contributed by atoms with Crippen LogP contribution in [0.1, 0.15) is 29.9 Å². The summed E-state index contributed by atoms with van der Waals surface area (Å²) < 4.78 is 0. The Balaban J connectivity index is 1.56. The van der Waals surface area contributed by atoms with Gasteiger partial charge in [-0.3, -0.25) is 4.79 Å². The molecule has 3 rings (SSSR count). The van der Waals surface area contributed by atoms with Crippen LogP contribution in [0.2, 0.25) is 0 Å². The largest absolute Gasteiger partial charge is 0.355 e. The van der Waals surface area contributed by atoms with Crippen LogP contribution in [-0.2, 0) is 11.2 Å². The van der Waals surface area contributed by atoms with Crippen LogP contribution in [0, 0.1) is 5.92 Å². The molecule has 0 saturated heterocycles. The molecule has 2 aliphatic rings. The molecule has 1 atom stereocenters. The van der Waals surface area contributed by atoms with Crippen LogP contribution in [0.5, 0.6) is 0 Å². The summed E-state index contributed by atoms with van der Waals surface area (Å²) in [5.41, 5.74) is 2.87. The summed E-state index contributed by atoms with van der Waals surface area (Å²) in [4.78, 5) is 11.5. The van der Waals surface area contributed by atoms with Crippen molar-refractivity contribution in [1.29, 1.82) is 0 Å². The smallest absolute Gasteiger partial charge is 0.223 e. The minimum atomic E-state index is 0.263. The molecule has 0 spiro atoms. The molecule has 15 heavy (non-hydrogen) atoms. The fraction of sp³-hybridized carbons (Fsp3) is 0.462. The lowest BCUT2D eigenvalue weighted by Crippen LogP contribution is -2.33. The fourth-order valence-corrected chi connectivity index (χ4v) is 2.26. The van der Waals surface area contributed by atoms with Crippen molar-refractivity contribution < 1.29 is 4.79 Å². The zero-order chi connectivity index (χ0) is 10.3. The summed E-state index contributed by atoms with van der Waals surface area (Å²) in [6.45, 7) is 0.826. The minimum absolute atomic E-state index is 0.263. The van der Waals surface area contributed by atoms with E-state index in [2.05, 4.69) is 29.6 Å². The fourth-order valence-electron chi connectivity index (χ4n) is 2.26. The lowest BCUT2D eigenvalue weighted by Gasteiger charge is -2.30. The Morgan fingerprint density at radius 2 is 2.13 bits per heavy atom. The summed E-state index contributed by atoms with van der Waals surface area (Å²) in [6, 6.07) is 8.51. The number of rotatable bonds is 3. The predicted octanol–water partition coefficient (Wildman–Crippen LogP) is 1.85. The lowest BCUT2D eigenvalue weighted by molar-refractivity contribution is -0.122. The first-order chi connectivity index (χ1) is 7.34. The van der Waals surface area contributed by atoms with Crippen molar-refractivity contribution in [3.63, 3.8) is 0 Å². The number of hydrogen-bond acceptors (Lipinski definition) is 1. The lowest BCUT2D eigenvalue weighted by atomic mass is 9.77. The van der Waals surface area contributed by atoms with Gasteiger partial charge >= 0.3 is 0 Å². The Kier molecular flexibility index (Phi) is 2.01. The molecule has 0 aromatic heterocycles. The van der Waals surface area contributed by atoms with Crippen LogP contribution in [0.4, 0.5) is 0 Å². The molecule has 0 aliphatic heterocycles. The van der Waals surface area contributed by atoms with E-state index in [0.29, 0.717) is 11.8 Å². The van der Waals surface area contributed by atoms with Crippen LogP contribution in [0.3, 0.4) is 0 Å². The Morgan fingerprint density at radius 1 is 1.33 bits per heavy atom. The maximum atomic E-state index is 11.5. The van der Waals surface area contributed by atoms with E-state index in [1.807, 2.05) is 0 Å². The van der Waals surface area contributed by atoms with E-state index < -0.39 is 0 Å². The summed E-state index contributed by atoms with van der Waals surface area (Å²) in [5, 5.41) is 3.05. The van der Waals surface area contributed by atoms with Gasteiger partial charge in [0, 0.05) is 18.4 Å². The van der Waals surface area contributed by atoms with Crippen LogP contribution in [-0.4, -0.2) is 12.5 Å². The van der Waals surface area contributed by atoms with E-state index in [9.17, 15) is 4.79 Å². The second kappa shape index (κ2) is 3.37. The summed E-state index contributed by atoms with van der Waals surface area (Å²) in [6.07, 6.45) is 3.31. The third-order valence-electron chi connectivity index (χ3n) is 3.43. The molecule has 2 aliphatic carbocycles. The Morgan fingerprint density at radius 3 is 2.87 bits per heavy atom. The van der Waals surface area contributed by atoms with Gasteiger partial charge in [-0.05, 0) is 30.4 Å². The molecular weight excluding hydrogens is 186 g/mol. The third-order valence-corrected chi connectivity index (χ3v) is 3.43. The molecule has 1 aromatic carbocycles. The van der Waals surface area contributed by atoms with Crippen molar-refractivity contribution in [3.05, 3.63) is 35.4 Å². The zero-order valence-electron chi connectivity index (χ0n) is 8.70. The van der Waals surface area contributed by atoms with Crippen molar-refractivity contribution in [3.8, 4) is 0 Å². The van der Waals surface area contributed by atoms with E-state index in [-0.39, 0.29) is 5.91 Å². The van der Waals surface area contributed by atoms with Gasteiger partial charge in [-0.2, -0.15) is 0 Å². The van der Waals surface area contributed by atoms with E-state index in [0.717, 1.165) is 25.8 Å². The standard InChI is InChI=1S/C13H15NO/c15-13(9-5-6-9)14-8-11-7-10-3-1-2-4-12(10)11/h1-4,9,11H,5-8H2,(H,14,15). The molecular formula is C13H15NO. The molecule has 2 nitrogen and oxygen atoms in total. The van der Waals surface area contributed by atoms with Gasteiger partial charge in [0.05, 0.1) is 0 Å². The summed E-state index contributed by atoms with van der Waals surface area (Å²) in [5.74, 6) is 1.16. The van der Waals surface area contributed by atoms with Gasteiger partial charge < -0.3 is 5.32 Å². The summed E-state index contributed by atoms with van der Waals surface area (Å²) >= 11 is 0. The third kappa shape index (κ3) is 1.65. The Labute approximate surface area is 89.7 Å². The zero-order valence-corrected chi connectivity index (χ0v) is 8.70. The van der Waals surface area contributed by atoms with Gasteiger partial charge in [-0.15, -0.1) is 0 Å². The molecule has 1 N–H and O–H groups in total. The SMILES string of the molecule is O=C(NCC1Cc2ccccc21)C1CC1. The van der Waals surface area contributed by atoms with Gasteiger partial charge in [-0.25, -0.2) is 0 Å². The highest BCUT2D eigenvalue weighted by molar-refractivity contribution is 5.80. The maximum absolute atomic E-state index is 11.5. The van der Waals surface area contributed by atoms with Gasteiger partial charge in [0.2, 0.25) is 5.91 Å². The second-order valence-electron chi connectivity index (χ2n) is 4.62. The number of benzene rings is 1. The topological polar surface area (TPSA) is 29.1 Å². The van der Waals surface area contributed by atoms with Gasteiger partial charge in [0.15, 0.2) is 0 Å². The molecule has 0 heterocycles. The van der Waals surface area contributed by atoms with E-state index in [1.54, 1.807) is 0 Å². The number of amides is 1. The second-order valence-corrected chi connectivity index (χ2v) is 4.62. The van der Waals surface area contributed by atoms with Crippen LogP contribution < -0.4 is 5.32 Å². The minimum Gasteiger partial charge on any atom is -0.355 e. The first kappa shape index (κ1) is 8.96. The molecule has 0 radical (unpaired) electrons. The van der Waals surface area contributed by atoms with Crippen molar-refractivity contribution in [2.24, 2.45) is 5.92 Å². The first-order valence-electron chi connectivity index (χ1n) is 5.70. The molecule has 1 aromatic rings. The quantitative estimate of drug-likeness (QED) is 0.794. The number of hydrogen-bond donors (Lipinski definition) is 1. The van der Waals surface area contributed by atoms with Crippen molar-refractivity contribution in [2.45, 2.75) is 25.2 Å². The molecule has 78 valence electrons. The monoisotopic (exact) mass is 201 g/mol. The Hall–Kier alpha value is -1.31. The molecule has 1 unspecified atom stereocenters. The van der Waals surface area contributed by atoms with Crippen LogP contribution in [0.25, 0.3) is 0 Å². The highest BCUT2D eigenvalue weighted by Crippen LogP contribution is 2.34. The average molecular weight is 201 g/mol.